The van der Waals surface area contributed by atoms with Gasteiger partial charge in [-0.3, -0.25) is 37.3 Å². The minimum Gasteiger partial charge on any atom is -0.481 e. The van der Waals surface area contributed by atoms with Gasteiger partial charge in [0.1, 0.15) is 36.3 Å². The van der Waals surface area contributed by atoms with Crippen molar-refractivity contribution in [2.75, 3.05) is 37.8 Å². The van der Waals surface area contributed by atoms with Gasteiger partial charge in [0.05, 0.1) is 19.5 Å². The van der Waals surface area contributed by atoms with E-state index in [1.807, 2.05) is 6.92 Å². The molecular weight excluding hydrogens is 899 g/mol. The van der Waals surface area contributed by atoms with Crippen LogP contribution in [-0.2, 0) is 55.5 Å². The summed E-state index contributed by atoms with van der Waals surface area (Å²) in [6.07, 6.45) is -3.55. The molecule has 0 aliphatic carbocycles. The molecule has 346 valence electrons. The predicted octanol–water partition coefficient (Wildman–Crippen LogP) is 0.726. The Morgan fingerprint density at radius 2 is 1.69 bits per heavy atom. The summed E-state index contributed by atoms with van der Waals surface area (Å²) in [6.45, 7) is 2.34. The van der Waals surface area contributed by atoms with Gasteiger partial charge in [-0.05, 0) is 12.3 Å². The number of nitrogen functional groups attached to an aromatic ring is 1. The molecular formula is C31H52N7O19P3S. The highest BCUT2D eigenvalue weighted by Crippen LogP contribution is 2.61. The summed E-state index contributed by atoms with van der Waals surface area (Å²) < 4.78 is 62.2. The van der Waals surface area contributed by atoms with Gasteiger partial charge in [0.2, 0.25) is 11.8 Å². The van der Waals surface area contributed by atoms with Gasteiger partial charge < -0.3 is 56.0 Å². The summed E-state index contributed by atoms with van der Waals surface area (Å²) in [5.41, 5.74) is 4.23. The molecule has 1 fully saturated rings. The number of nitrogens with two attached hydrogens (primary N) is 1. The second-order valence-electron chi connectivity index (χ2n) is 14.6. The zero-order valence-corrected chi connectivity index (χ0v) is 36.7. The number of carbonyl (C=O) groups is 4. The Labute approximate surface area is 353 Å². The predicted molar refractivity (Wildman–Crippen MR) is 212 cm³/mol. The number of aliphatic hydroxyl groups is 2. The van der Waals surface area contributed by atoms with Crippen LogP contribution in [-0.4, -0.2) is 134 Å². The number of rotatable bonds is 27. The summed E-state index contributed by atoms with van der Waals surface area (Å²) in [6, 6.07) is 0. The van der Waals surface area contributed by atoms with Crippen LogP contribution < -0.4 is 16.4 Å². The summed E-state index contributed by atoms with van der Waals surface area (Å²) in [5, 5.41) is 35.1. The van der Waals surface area contributed by atoms with E-state index in [4.69, 9.17) is 24.6 Å². The van der Waals surface area contributed by atoms with Crippen LogP contribution in [0.15, 0.2) is 12.7 Å². The Hall–Kier alpha value is -2.97. The van der Waals surface area contributed by atoms with Gasteiger partial charge in [-0.1, -0.05) is 51.8 Å². The Kier molecular flexibility index (Phi) is 19.8. The monoisotopic (exact) mass is 951 g/mol. The maximum Gasteiger partial charge on any atom is 0.481 e. The van der Waals surface area contributed by atoms with Crippen LogP contribution in [0.1, 0.15) is 71.9 Å². The fourth-order valence-electron chi connectivity index (χ4n) is 5.69. The van der Waals surface area contributed by atoms with Gasteiger partial charge in [-0.15, -0.1) is 0 Å². The number of carboxylic acids is 1. The van der Waals surface area contributed by atoms with E-state index in [9.17, 15) is 62.7 Å². The first-order valence-electron chi connectivity index (χ1n) is 18.6. The Balaban J connectivity index is 1.41. The molecule has 0 saturated carbocycles. The van der Waals surface area contributed by atoms with Gasteiger partial charge in [0.25, 0.3) is 0 Å². The first-order valence-corrected chi connectivity index (χ1v) is 24.1. The lowest BCUT2D eigenvalue weighted by Gasteiger charge is -2.30. The minimum absolute atomic E-state index is 0.0239. The van der Waals surface area contributed by atoms with Crippen LogP contribution in [0.3, 0.4) is 0 Å². The van der Waals surface area contributed by atoms with Crippen molar-refractivity contribution in [3.8, 4) is 0 Å². The van der Waals surface area contributed by atoms with E-state index in [0.29, 0.717) is 18.6 Å². The van der Waals surface area contributed by atoms with Gasteiger partial charge in [-0.25, -0.2) is 28.6 Å². The summed E-state index contributed by atoms with van der Waals surface area (Å²) >= 11 is 1.07. The molecule has 8 unspecified atom stereocenters. The molecule has 3 heterocycles. The van der Waals surface area contributed by atoms with Crippen molar-refractivity contribution >= 4 is 75.1 Å². The number of aliphatic carboxylic acids is 1. The molecule has 0 spiro atoms. The molecule has 1 saturated heterocycles. The third-order valence-electron chi connectivity index (χ3n) is 8.87. The largest absolute Gasteiger partial charge is 0.481 e. The van der Waals surface area contributed by atoms with Crippen molar-refractivity contribution < 1.29 is 90.4 Å². The Morgan fingerprint density at radius 3 is 2.36 bits per heavy atom. The number of anilines is 1. The molecule has 61 heavy (non-hydrogen) atoms. The van der Waals surface area contributed by atoms with E-state index in [0.717, 1.165) is 48.2 Å². The van der Waals surface area contributed by atoms with Gasteiger partial charge in [0.15, 0.2) is 22.8 Å². The SMILES string of the molecule is CC(CCCCCC(=O)O)CC(=O)SCCNC(=O)CCNC(=O)C(O)C(C)(C)COP(=O)(O)OP(=O)(O)OCC1OC(n2cnc3c(N)ncnc32)C(O)C1OP(=O)(O)O. The number of hydrogen-bond donors (Lipinski definition) is 10. The number of phosphoric acid groups is 3. The zero-order chi connectivity index (χ0) is 45.8. The molecule has 1 aliphatic rings. The number of aliphatic hydroxyl groups excluding tert-OH is 2. The quantitative estimate of drug-likeness (QED) is 0.0436. The fourth-order valence-corrected chi connectivity index (χ4v) is 9.35. The van der Waals surface area contributed by atoms with E-state index >= 15 is 0 Å². The lowest BCUT2D eigenvalue weighted by Crippen LogP contribution is -2.46. The number of hydrogen-bond acceptors (Lipinski definition) is 19. The van der Waals surface area contributed by atoms with E-state index in [1.54, 1.807) is 0 Å². The summed E-state index contributed by atoms with van der Waals surface area (Å²) in [5.74, 6) is -1.88. The number of nitrogens with one attached hydrogen (secondary N) is 2. The second-order valence-corrected chi connectivity index (χ2v) is 20.0. The maximum atomic E-state index is 12.7. The van der Waals surface area contributed by atoms with Crippen molar-refractivity contribution in [2.24, 2.45) is 11.3 Å². The zero-order valence-electron chi connectivity index (χ0n) is 33.2. The summed E-state index contributed by atoms with van der Waals surface area (Å²) in [4.78, 5) is 98.6. The molecule has 11 N–H and O–H groups in total. The molecule has 2 aromatic rings. The van der Waals surface area contributed by atoms with Crippen molar-refractivity contribution in [3.05, 3.63) is 12.7 Å². The smallest absolute Gasteiger partial charge is 0.481 e. The first-order chi connectivity index (χ1) is 28.3. The van der Waals surface area contributed by atoms with E-state index in [-0.39, 0.29) is 53.9 Å². The number of nitrogens with zero attached hydrogens (tertiary/aromatic N) is 4. The molecule has 0 radical (unpaired) electrons. The van der Waals surface area contributed by atoms with Crippen molar-refractivity contribution in [1.29, 1.82) is 0 Å². The third kappa shape index (κ3) is 17.6. The number of phosphoric ester groups is 3. The first kappa shape index (κ1) is 52.4. The number of unbranched alkanes of at least 4 members (excludes halogenated alkanes) is 2. The van der Waals surface area contributed by atoms with Crippen LogP contribution >= 0.6 is 35.2 Å². The molecule has 2 amide bonds. The van der Waals surface area contributed by atoms with Crippen LogP contribution in [0.4, 0.5) is 5.82 Å². The van der Waals surface area contributed by atoms with Crippen LogP contribution in [0.2, 0.25) is 0 Å². The molecule has 3 rings (SSSR count). The summed E-state index contributed by atoms with van der Waals surface area (Å²) in [7, 11) is -16.4. The molecule has 30 heteroatoms. The average molecular weight is 952 g/mol. The van der Waals surface area contributed by atoms with E-state index in [1.165, 1.54) is 13.8 Å². The van der Waals surface area contributed by atoms with Crippen LogP contribution in [0.25, 0.3) is 11.2 Å². The third-order valence-corrected chi connectivity index (χ3v) is 12.9. The normalized spacial score (nSPS) is 21.3. The van der Waals surface area contributed by atoms with Crippen LogP contribution in [0, 0.1) is 11.3 Å². The average Bonchev–Trinajstić information content (AvgIpc) is 3.71. The van der Waals surface area contributed by atoms with Gasteiger partial charge in [-0.2, -0.15) is 4.31 Å². The van der Waals surface area contributed by atoms with Crippen molar-refractivity contribution in [2.45, 2.75) is 96.4 Å². The standard InChI is InChI=1S/C31H52N7O19P3S/c1-18(7-5-4-6-8-21(40)41)13-22(42)61-12-11-33-20(39)9-10-34-29(45)26(44)31(2,3)15-54-60(51,52)57-59(49,50)53-14-19-25(56-58(46,47)48)24(43)30(55-19)38-17-37-23-27(32)35-16-36-28(23)38/h16-19,24-26,30,43-44H,4-15H2,1-3H3,(H,33,39)(H,34,45)(H,40,41)(H,49,50)(H,51,52)(H2,32,35,36)(H2,46,47,48). The lowest BCUT2D eigenvalue weighted by atomic mass is 9.87. The van der Waals surface area contributed by atoms with Crippen molar-refractivity contribution in [1.82, 2.24) is 30.2 Å². The number of imidazole rings is 1. The van der Waals surface area contributed by atoms with E-state index in [2.05, 4.69) is 34.4 Å². The maximum absolute atomic E-state index is 12.7. The van der Waals surface area contributed by atoms with Crippen molar-refractivity contribution in [3.63, 3.8) is 0 Å². The lowest BCUT2D eigenvalue weighted by molar-refractivity contribution is -0.137. The number of aromatic nitrogens is 4. The number of fused-ring (bicyclic) bond motifs is 1. The molecule has 1 aliphatic heterocycles. The Morgan fingerprint density at radius 1 is 1.00 bits per heavy atom. The molecule has 0 aromatic carbocycles. The fraction of sp³-hybridized carbons (Fsp3) is 0.710. The topological polar surface area (TPSA) is 401 Å². The van der Waals surface area contributed by atoms with Crippen LogP contribution in [0.5, 0.6) is 0 Å². The highest BCUT2D eigenvalue weighted by Gasteiger charge is 2.50. The highest BCUT2D eigenvalue weighted by molar-refractivity contribution is 8.13. The van der Waals surface area contributed by atoms with E-state index < -0.39 is 90.5 Å². The Bertz CT molecular complexity index is 1970. The number of carboxylic acid groups (broad SMARTS) is 1. The van der Waals surface area contributed by atoms with Gasteiger partial charge >= 0.3 is 29.4 Å². The molecule has 8 atom stereocenters. The molecule has 0 bridgehead atoms. The molecule has 26 nitrogen and oxygen atoms in total. The second kappa shape index (κ2) is 23.1. The minimum atomic E-state index is -5.59. The number of thioether (sulfide) groups is 1. The number of ether oxygens (including phenoxy) is 1. The molecule has 2 aromatic heterocycles. The number of carbonyl (C=O) groups excluding carboxylic acids is 3. The van der Waals surface area contributed by atoms with Gasteiger partial charge in [0, 0.05) is 43.5 Å². The highest BCUT2D eigenvalue weighted by atomic mass is 32.2. The number of amides is 2.